The van der Waals surface area contributed by atoms with E-state index in [1.165, 1.54) is 6.42 Å². The maximum absolute atomic E-state index is 10.2. The van der Waals surface area contributed by atoms with Gasteiger partial charge in [0, 0.05) is 18.3 Å². The average molecular weight is 284 g/mol. The van der Waals surface area contributed by atoms with Crippen molar-refractivity contribution >= 4 is 0 Å². The first-order valence-electron chi connectivity index (χ1n) is 7.84. The van der Waals surface area contributed by atoms with Crippen LogP contribution >= 0.6 is 0 Å². The highest BCUT2D eigenvalue weighted by molar-refractivity contribution is 5.08. The molecule has 4 heterocycles. The van der Waals surface area contributed by atoms with Gasteiger partial charge in [0.05, 0.1) is 0 Å². The molecule has 5 fully saturated rings. The van der Waals surface area contributed by atoms with Crippen LogP contribution in [0.25, 0.3) is 0 Å². The fourth-order valence-corrected chi connectivity index (χ4v) is 4.89. The minimum absolute atomic E-state index is 0.0379. The van der Waals surface area contributed by atoms with E-state index in [2.05, 4.69) is 6.92 Å². The Morgan fingerprint density at radius 1 is 1.05 bits per heavy atom. The number of rotatable bonds is 0. The molecule has 0 radical (unpaired) electrons. The molecule has 0 aromatic carbocycles. The van der Waals surface area contributed by atoms with Crippen molar-refractivity contribution in [2.75, 3.05) is 0 Å². The maximum atomic E-state index is 10.2. The molecule has 1 N–H and O–H groups in total. The van der Waals surface area contributed by atoms with Crippen molar-refractivity contribution in [2.45, 2.75) is 70.4 Å². The molecule has 4 aliphatic heterocycles. The molecule has 8 atom stereocenters. The van der Waals surface area contributed by atoms with Crippen molar-refractivity contribution in [1.29, 1.82) is 0 Å². The lowest BCUT2D eigenvalue weighted by Crippen LogP contribution is -2.70. The molecule has 0 aromatic heterocycles. The monoisotopic (exact) mass is 284 g/mol. The highest BCUT2D eigenvalue weighted by atomic mass is 17.3. The summed E-state index contributed by atoms with van der Waals surface area (Å²) in [4.78, 5) is 11.6. The number of ether oxygens (including phenoxy) is 2. The second kappa shape index (κ2) is 4.17. The molecule has 5 rings (SSSR count). The summed E-state index contributed by atoms with van der Waals surface area (Å²) < 4.78 is 11.9. The summed E-state index contributed by atoms with van der Waals surface area (Å²) in [6, 6.07) is 0. The highest BCUT2D eigenvalue weighted by Gasteiger charge is 2.69. The molecule has 2 bridgehead atoms. The zero-order valence-corrected chi connectivity index (χ0v) is 12.4. The minimum Gasteiger partial charge on any atom is -0.368 e. The van der Waals surface area contributed by atoms with Gasteiger partial charge < -0.3 is 14.6 Å². The van der Waals surface area contributed by atoms with Crippen LogP contribution < -0.4 is 0 Å². The molecule has 8 unspecified atom stereocenters. The van der Waals surface area contributed by atoms with Crippen LogP contribution in [0.15, 0.2) is 0 Å². The largest absolute Gasteiger partial charge is 0.368 e. The van der Waals surface area contributed by atoms with Crippen molar-refractivity contribution in [3.63, 3.8) is 0 Å². The molecule has 0 aromatic rings. The number of hydrogen-bond donors (Lipinski definition) is 1. The molecule has 1 spiro atoms. The van der Waals surface area contributed by atoms with Crippen LogP contribution in [0.5, 0.6) is 0 Å². The van der Waals surface area contributed by atoms with Crippen LogP contribution in [0.4, 0.5) is 0 Å². The predicted molar refractivity (Wildman–Crippen MR) is 69.0 cm³/mol. The Hall–Kier alpha value is -0.200. The Morgan fingerprint density at radius 3 is 2.65 bits per heavy atom. The number of fused-ring (bicyclic) bond motifs is 2. The van der Waals surface area contributed by atoms with E-state index in [1.807, 2.05) is 13.8 Å². The van der Waals surface area contributed by atoms with Gasteiger partial charge in [-0.2, -0.15) is 0 Å². The Morgan fingerprint density at radius 2 is 1.85 bits per heavy atom. The zero-order chi connectivity index (χ0) is 14.1. The molecule has 114 valence electrons. The van der Waals surface area contributed by atoms with Gasteiger partial charge in [0.15, 0.2) is 18.2 Å². The molecule has 1 aliphatic carbocycles. The summed E-state index contributed by atoms with van der Waals surface area (Å²) in [5.74, 6) is 0.437. The second-order valence-electron chi connectivity index (χ2n) is 7.30. The first-order valence-corrected chi connectivity index (χ1v) is 7.84. The maximum Gasteiger partial charge on any atom is 0.201 e. The average Bonchev–Trinajstić information content (AvgIpc) is 2.63. The second-order valence-corrected chi connectivity index (χ2v) is 7.30. The fourth-order valence-electron chi connectivity index (χ4n) is 4.89. The fraction of sp³-hybridized carbons (Fsp3) is 1.00. The molecule has 0 amide bonds. The summed E-state index contributed by atoms with van der Waals surface area (Å²) in [6.45, 7) is 6.22. The molecular formula is C15H24O5. The normalized spacial score (nSPS) is 61.8. The van der Waals surface area contributed by atoms with Gasteiger partial charge in [0.1, 0.15) is 0 Å². The van der Waals surface area contributed by atoms with E-state index in [1.54, 1.807) is 0 Å². The SMILES string of the molecule is CC1CCC2C(C)C(O)OC3OC4(C)CCC1C32OO4. The Balaban J connectivity index is 1.82. The van der Waals surface area contributed by atoms with E-state index in [0.29, 0.717) is 11.8 Å². The summed E-state index contributed by atoms with van der Waals surface area (Å²) in [7, 11) is 0. The lowest BCUT2D eigenvalue weighted by molar-refractivity contribution is -0.576. The van der Waals surface area contributed by atoms with Crippen molar-refractivity contribution in [2.24, 2.45) is 23.7 Å². The van der Waals surface area contributed by atoms with E-state index >= 15 is 0 Å². The van der Waals surface area contributed by atoms with Gasteiger partial charge >= 0.3 is 0 Å². The Kier molecular flexibility index (Phi) is 2.81. The third kappa shape index (κ3) is 1.56. The number of hydrogen-bond acceptors (Lipinski definition) is 5. The van der Waals surface area contributed by atoms with E-state index in [9.17, 15) is 5.11 Å². The summed E-state index contributed by atoms with van der Waals surface area (Å²) in [5.41, 5.74) is -0.549. The van der Waals surface area contributed by atoms with Crippen LogP contribution in [-0.4, -0.2) is 29.1 Å². The molecule has 4 saturated heterocycles. The third-order valence-electron chi connectivity index (χ3n) is 6.12. The van der Waals surface area contributed by atoms with Crippen LogP contribution in [-0.2, 0) is 19.2 Å². The standard InChI is InChI=1S/C15H24O5/c1-8-4-5-11-9(2)12(16)17-13-15(11)10(8)6-7-14(3,18-13)19-20-15/h8-13,16H,4-7H2,1-3H3. The quantitative estimate of drug-likeness (QED) is 0.691. The highest BCUT2D eigenvalue weighted by Crippen LogP contribution is 2.60. The van der Waals surface area contributed by atoms with Gasteiger partial charge in [-0.05, 0) is 38.0 Å². The van der Waals surface area contributed by atoms with Crippen molar-refractivity contribution < 1.29 is 24.4 Å². The van der Waals surface area contributed by atoms with Gasteiger partial charge in [-0.15, -0.1) is 0 Å². The van der Waals surface area contributed by atoms with Gasteiger partial charge in [-0.3, -0.25) is 0 Å². The number of aliphatic hydroxyl groups is 1. The smallest absolute Gasteiger partial charge is 0.201 e. The Labute approximate surface area is 119 Å². The van der Waals surface area contributed by atoms with E-state index in [4.69, 9.17) is 19.2 Å². The first kappa shape index (κ1) is 13.5. The zero-order valence-electron chi connectivity index (χ0n) is 12.4. The first-order chi connectivity index (χ1) is 9.46. The van der Waals surface area contributed by atoms with Crippen molar-refractivity contribution in [1.82, 2.24) is 0 Å². The van der Waals surface area contributed by atoms with E-state index < -0.39 is 24.0 Å². The van der Waals surface area contributed by atoms with E-state index in [0.717, 1.165) is 19.3 Å². The van der Waals surface area contributed by atoms with Crippen LogP contribution in [0.2, 0.25) is 0 Å². The molecular weight excluding hydrogens is 260 g/mol. The minimum atomic E-state index is -0.781. The molecule has 5 nitrogen and oxygen atoms in total. The van der Waals surface area contributed by atoms with Crippen LogP contribution in [0.1, 0.15) is 46.5 Å². The van der Waals surface area contributed by atoms with E-state index in [-0.39, 0.29) is 11.8 Å². The van der Waals surface area contributed by atoms with Gasteiger partial charge in [-0.1, -0.05) is 13.8 Å². The predicted octanol–water partition coefficient (Wildman–Crippen LogP) is 2.19. The molecule has 5 heteroatoms. The number of aliphatic hydroxyl groups excluding tert-OH is 1. The van der Waals surface area contributed by atoms with Crippen LogP contribution in [0, 0.1) is 23.7 Å². The third-order valence-corrected chi connectivity index (χ3v) is 6.12. The van der Waals surface area contributed by atoms with Gasteiger partial charge in [0.2, 0.25) is 5.79 Å². The van der Waals surface area contributed by atoms with Gasteiger partial charge in [0.25, 0.3) is 0 Å². The summed E-state index contributed by atoms with van der Waals surface area (Å²) >= 11 is 0. The summed E-state index contributed by atoms with van der Waals surface area (Å²) in [6.07, 6.45) is 2.72. The van der Waals surface area contributed by atoms with Crippen molar-refractivity contribution in [3.8, 4) is 0 Å². The molecule has 20 heavy (non-hydrogen) atoms. The lowest BCUT2D eigenvalue weighted by atomic mass is 9.58. The van der Waals surface area contributed by atoms with Crippen LogP contribution in [0.3, 0.4) is 0 Å². The topological polar surface area (TPSA) is 57.2 Å². The Bertz CT molecular complexity index is 411. The van der Waals surface area contributed by atoms with Crippen molar-refractivity contribution in [3.05, 3.63) is 0 Å². The van der Waals surface area contributed by atoms with Gasteiger partial charge in [-0.25, -0.2) is 9.78 Å². The lowest BCUT2D eigenvalue weighted by Gasteiger charge is -2.59. The summed E-state index contributed by atoms with van der Waals surface area (Å²) in [5, 5.41) is 10.2. The molecule has 5 aliphatic rings. The molecule has 1 saturated carbocycles.